The molecule has 0 atom stereocenters. The van der Waals surface area contributed by atoms with E-state index in [1.807, 2.05) is 97.1 Å². The van der Waals surface area contributed by atoms with Crippen molar-refractivity contribution < 1.29 is 16.4 Å². The minimum absolute atomic E-state index is 0.0745. The van der Waals surface area contributed by atoms with Gasteiger partial charge in [-0.25, -0.2) is 9.97 Å². The number of hydrogen-bond acceptors (Lipinski definition) is 3. The van der Waals surface area contributed by atoms with Crippen LogP contribution in [0.25, 0.3) is 92.7 Å². The number of rotatable bonds is 5. The molecule has 3 nitrogen and oxygen atoms in total. The summed E-state index contributed by atoms with van der Waals surface area (Å²) in [4.78, 5) is 10.1. The third-order valence-electron chi connectivity index (χ3n) is 8.84. The molecule has 3 aromatic heterocycles. The lowest BCUT2D eigenvalue weighted by Crippen LogP contribution is -1.99. The highest BCUT2D eigenvalue weighted by Crippen LogP contribution is 2.42. The van der Waals surface area contributed by atoms with E-state index >= 15 is 0 Å². The zero-order chi connectivity index (χ0) is 43.5. The number of hydrogen-bond donors (Lipinski definition) is 0. The third kappa shape index (κ3) is 4.65. The van der Waals surface area contributed by atoms with E-state index in [1.165, 1.54) is 0 Å². The maximum absolute atomic E-state index is 9.54. The topological polar surface area (TPSA) is 30.7 Å². The predicted molar refractivity (Wildman–Crippen MR) is 211 cm³/mol. The van der Waals surface area contributed by atoms with E-state index in [4.69, 9.17) is 23.7 Å². The first-order valence-electron chi connectivity index (χ1n) is 21.9. The lowest BCUT2D eigenvalue weighted by atomic mass is 10.0. The van der Waals surface area contributed by atoms with Gasteiger partial charge in [0.05, 0.1) is 38.9 Å². The van der Waals surface area contributed by atoms with Gasteiger partial charge in [-0.3, -0.25) is 0 Å². The molecule has 0 fully saturated rings. The average Bonchev–Trinajstić information content (AvgIpc) is 3.85. The molecule has 0 aliphatic rings. The Hall–Kier alpha value is -6.36. The summed E-state index contributed by atoms with van der Waals surface area (Å²) in [5.41, 5.74) is 2.82. The quantitative estimate of drug-likeness (QED) is 0.183. The lowest BCUT2D eigenvalue weighted by molar-refractivity contribution is 1.16. The molecule has 0 spiro atoms. The van der Waals surface area contributed by atoms with E-state index in [0.717, 1.165) is 41.4 Å². The van der Waals surface area contributed by atoms with Crippen LogP contribution in [0.2, 0.25) is 0 Å². The summed E-state index contributed by atoms with van der Waals surface area (Å²) in [5.74, 6) is 0.235. The van der Waals surface area contributed by atoms with Crippen LogP contribution in [0.15, 0.2) is 176 Å². The van der Waals surface area contributed by atoms with Crippen molar-refractivity contribution in [1.82, 2.24) is 14.5 Å². The van der Waals surface area contributed by atoms with Crippen molar-refractivity contribution in [2.24, 2.45) is 0 Å². The highest BCUT2D eigenvalue weighted by molar-refractivity contribution is 7.26. The van der Waals surface area contributed by atoms with Gasteiger partial charge in [-0.2, -0.15) is 0 Å². The highest BCUT2D eigenvalue weighted by Gasteiger charge is 2.20. The Balaban J connectivity index is 1.38. The first kappa shape index (κ1) is 19.0. The summed E-state index contributed by atoms with van der Waals surface area (Å²) in [6, 6.07) is 25.5. The van der Waals surface area contributed by atoms with Gasteiger partial charge in [-0.1, -0.05) is 145 Å². The zero-order valence-corrected chi connectivity index (χ0v) is 26.9. The van der Waals surface area contributed by atoms with Gasteiger partial charge in [0.2, 0.25) is 0 Å². The molecule has 0 amide bonds. The Morgan fingerprint density at radius 1 is 0.500 bits per heavy atom. The van der Waals surface area contributed by atoms with Crippen molar-refractivity contribution in [2.75, 3.05) is 0 Å². The molecule has 0 bridgehead atoms. The van der Waals surface area contributed by atoms with Crippen LogP contribution in [0.1, 0.15) is 16.4 Å². The molecule has 10 rings (SSSR count). The second kappa shape index (κ2) is 11.7. The van der Waals surface area contributed by atoms with Gasteiger partial charge in [0.1, 0.15) is 0 Å². The molecular formula is C46H29N3S. The molecule has 3 heterocycles. The van der Waals surface area contributed by atoms with Crippen LogP contribution in [0.4, 0.5) is 0 Å². The van der Waals surface area contributed by atoms with Crippen molar-refractivity contribution >= 4 is 53.3 Å². The molecule has 50 heavy (non-hydrogen) atoms. The van der Waals surface area contributed by atoms with Crippen LogP contribution >= 0.6 is 11.3 Å². The number of aromatic nitrogens is 3. The molecule has 10 aromatic rings. The first-order chi connectivity index (χ1) is 29.8. The Labute approximate surface area is 310 Å². The van der Waals surface area contributed by atoms with Crippen molar-refractivity contribution in [3.05, 3.63) is 176 Å². The van der Waals surface area contributed by atoms with Gasteiger partial charge >= 0.3 is 0 Å². The van der Waals surface area contributed by atoms with Crippen LogP contribution in [0.5, 0.6) is 0 Å². The fraction of sp³-hybridized carbons (Fsp3) is 0. The minimum Gasteiger partial charge on any atom is -0.309 e. The molecule has 0 radical (unpaired) electrons. The second-order valence-corrected chi connectivity index (χ2v) is 12.7. The van der Waals surface area contributed by atoms with Gasteiger partial charge in [0, 0.05) is 53.3 Å². The third-order valence-corrected chi connectivity index (χ3v) is 10.1. The van der Waals surface area contributed by atoms with E-state index in [0.29, 0.717) is 11.3 Å². The predicted octanol–water partition coefficient (Wildman–Crippen LogP) is 12.6. The van der Waals surface area contributed by atoms with E-state index in [2.05, 4.69) is 0 Å². The minimum atomic E-state index is -0.699. The van der Waals surface area contributed by atoms with Gasteiger partial charge in [0.15, 0.2) is 5.82 Å². The fourth-order valence-electron chi connectivity index (χ4n) is 6.57. The van der Waals surface area contributed by atoms with Crippen LogP contribution in [0, 0.1) is 0 Å². The molecule has 234 valence electrons. The molecule has 0 N–H and O–H groups in total. The largest absolute Gasteiger partial charge is 0.309 e. The monoisotopic (exact) mass is 667 g/mol. The summed E-state index contributed by atoms with van der Waals surface area (Å²) in [7, 11) is 0. The maximum Gasteiger partial charge on any atom is 0.160 e. The van der Waals surface area contributed by atoms with Crippen molar-refractivity contribution in [3.8, 4) is 50.7 Å². The Morgan fingerprint density at radius 2 is 1.18 bits per heavy atom. The Morgan fingerprint density at radius 3 is 2.04 bits per heavy atom. The molecule has 0 aliphatic carbocycles. The van der Waals surface area contributed by atoms with E-state index in [9.17, 15) is 2.74 Å². The molecular weight excluding hydrogens is 627 g/mol. The average molecular weight is 668 g/mol. The van der Waals surface area contributed by atoms with E-state index < -0.39 is 78.2 Å². The van der Waals surface area contributed by atoms with E-state index in [-0.39, 0.29) is 38.9 Å². The maximum atomic E-state index is 9.54. The van der Waals surface area contributed by atoms with Crippen molar-refractivity contribution in [3.63, 3.8) is 0 Å². The number of para-hydroxylation sites is 3. The van der Waals surface area contributed by atoms with Crippen LogP contribution < -0.4 is 0 Å². The molecule has 0 saturated carbocycles. The van der Waals surface area contributed by atoms with Crippen LogP contribution in [0.3, 0.4) is 0 Å². The van der Waals surface area contributed by atoms with Crippen LogP contribution in [-0.4, -0.2) is 14.5 Å². The van der Waals surface area contributed by atoms with Gasteiger partial charge in [0.25, 0.3) is 0 Å². The Kier molecular flexibility index (Phi) is 4.43. The molecule has 4 heteroatoms. The number of nitrogens with zero attached hydrogens (tertiary/aromatic N) is 3. The molecule has 0 saturated heterocycles. The number of thiophene rings is 1. The van der Waals surface area contributed by atoms with Gasteiger partial charge in [-0.15, -0.1) is 11.3 Å². The Bertz CT molecular complexity index is 3520. The second-order valence-electron chi connectivity index (χ2n) is 11.7. The zero-order valence-electron chi connectivity index (χ0n) is 38.1. The summed E-state index contributed by atoms with van der Waals surface area (Å²) < 4.78 is 110. The smallest absolute Gasteiger partial charge is 0.160 e. The molecule has 7 aromatic carbocycles. The van der Waals surface area contributed by atoms with Crippen molar-refractivity contribution in [2.45, 2.75) is 0 Å². The number of fused-ring (bicyclic) bond motifs is 6. The summed E-state index contributed by atoms with van der Waals surface area (Å²) in [6.45, 7) is 0. The van der Waals surface area contributed by atoms with Crippen molar-refractivity contribution in [1.29, 1.82) is 0 Å². The normalized spacial score (nSPS) is 15.0. The summed E-state index contributed by atoms with van der Waals surface area (Å²) >= 11 is 1.59. The highest BCUT2D eigenvalue weighted by atomic mass is 32.1. The SMILES string of the molecule is [2H]c1c([2H])c([2H])c(-n2c3c([2H])c([2H])c([2H])c([2H])c3c3c([2H])c([2H])c([2H])c(-c4cc(-c5cccc6c5sc5ccccc56)nc(-c5ccc(-c6ccccc6)cc5)n4)c32)c([2H])c1[2H]. The fourth-order valence-corrected chi connectivity index (χ4v) is 7.79. The molecule has 0 unspecified atom stereocenters. The van der Waals surface area contributed by atoms with Crippen LogP contribution in [-0.2, 0) is 0 Å². The van der Waals surface area contributed by atoms with Gasteiger partial charge in [-0.05, 0) is 41.4 Å². The first-order valence-corrected chi connectivity index (χ1v) is 16.7. The van der Waals surface area contributed by atoms with E-state index in [1.54, 1.807) is 17.4 Å². The summed E-state index contributed by atoms with van der Waals surface area (Å²) in [6.07, 6.45) is 0. The summed E-state index contributed by atoms with van der Waals surface area (Å²) in [5, 5.41) is 1.68. The van der Waals surface area contributed by atoms with Gasteiger partial charge < -0.3 is 4.57 Å². The number of benzene rings is 7. The molecule has 0 aliphatic heterocycles. The standard InChI is InChI=1S/C46H29N3S/c1-3-13-30(14-4-1)31-25-27-32(28-26-31)46-47-40(29-41(48-46)39-22-12-20-37-35-18-8-10-24-43(35)50-45(37)39)38-21-11-19-36-34-17-7-9-23-42(34)49(44(36)38)33-15-5-2-6-16-33/h1-29H/i2D,5D,6D,7D,9D,11D,15D,16D,17D,19D,21D,23D. The lowest BCUT2D eigenvalue weighted by Gasteiger charge is -2.14.